The second kappa shape index (κ2) is 3.87. The fourth-order valence-corrected chi connectivity index (χ4v) is 2.77. The number of hydrogen-bond acceptors (Lipinski definition) is 3. The maximum absolute atomic E-state index is 12.1. The van der Waals surface area contributed by atoms with Crippen molar-refractivity contribution >= 4 is 12.0 Å². The molecule has 3 rings (SSSR count). The summed E-state index contributed by atoms with van der Waals surface area (Å²) in [4.78, 5) is 26.8. The van der Waals surface area contributed by atoms with Crippen LogP contribution in [0.3, 0.4) is 0 Å². The summed E-state index contributed by atoms with van der Waals surface area (Å²) in [5.41, 5.74) is 0. The molecule has 6 heteroatoms. The van der Waals surface area contributed by atoms with Crippen LogP contribution in [-0.2, 0) is 4.79 Å². The molecule has 2 amide bonds. The van der Waals surface area contributed by atoms with Crippen molar-refractivity contribution in [3.8, 4) is 0 Å². The third-order valence-electron chi connectivity index (χ3n) is 3.87. The molecule has 0 bridgehead atoms. The van der Waals surface area contributed by atoms with Crippen molar-refractivity contribution < 1.29 is 14.7 Å². The Morgan fingerprint density at radius 2 is 2.24 bits per heavy atom. The molecule has 17 heavy (non-hydrogen) atoms. The van der Waals surface area contributed by atoms with Gasteiger partial charge in [-0.1, -0.05) is 0 Å². The summed E-state index contributed by atoms with van der Waals surface area (Å²) < 4.78 is 0. The van der Waals surface area contributed by atoms with Gasteiger partial charge in [-0.15, -0.1) is 0 Å². The number of piperazine rings is 1. The molecule has 2 heterocycles. The Kier molecular flexibility index (Phi) is 2.47. The van der Waals surface area contributed by atoms with Crippen molar-refractivity contribution in [2.45, 2.75) is 24.9 Å². The molecule has 2 N–H and O–H groups in total. The zero-order chi connectivity index (χ0) is 12.0. The highest BCUT2D eigenvalue weighted by Gasteiger charge is 2.46. The number of urea groups is 1. The van der Waals surface area contributed by atoms with Gasteiger partial charge >= 0.3 is 12.0 Å². The quantitative estimate of drug-likeness (QED) is 0.700. The van der Waals surface area contributed by atoms with E-state index in [2.05, 4.69) is 5.32 Å². The van der Waals surface area contributed by atoms with E-state index in [1.54, 1.807) is 4.90 Å². The average Bonchev–Trinajstić information content (AvgIpc) is 3.05. The van der Waals surface area contributed by atoms with Crippen LogP contribution in [0.5, 0.6) is 0 Å². The molecule has 2 atom stereocenters. The van der Waals surface area contributed by atoms with E-state index >= 15 is 0 Å². The van der Waals surface area contributed by atoms with Gasteiger partial charge in [0.1, 0.15) is 6.04 Å². The number of nitrogens with one attached hydrogen (secondary N) is 1. The number of carboxylic acid groups (broad SMARTS) is 1. The largest absolute Gasteiger partial charge is 0.480 e. The molecular formula is C11H17N3O3. The maximum Gasteiger partial charge on any atom is 0.322 e. The molecular weight excluding hydrogens is 222 g/mol. The Morgan fingerprint density at radius 3 is 2.88 bits per heavy atom. The van der Waals surface area contributed by atoms with Gasteiger partial charge in [-0.05, 0) is 18.8 Å². The van der Waals surface area contributed by atoms with Crippen LogP contribution in [0.1, 0.15) is 12.8 Å². The summed E-state index contributed by atoms with van der Waals surface area (Å²) in [6.45, 7) is 2.54. The van der Waals surface area contributed by atoms with E-state index in [0.717, 1.165) is 6.54 Å². The Labute approximate surface area is 99.6 Å². The molecule has 0 aromatic carbocycles. The molecule has 2 aliphatic heterocycles. The van der Waals surface area contributed by atoms with Crippen molar-refractivity contribution in [1.82, 2.24) is 15.1 Å². The van der Waals surface area contributed by atoms with E-state index in [1.807, 2.05) is 4.90 Å². The first-order valence-electron chi connectivity index (χ1n) is 6.18. The summed E-state index contributed by atoms with van der Waals surface area (Å²) >= 11 is 0. The summed E-state index contributed by atoms with van der Waals surface area (Å²) in [6.07, 6.45) is 2.41. The normalized spacial score (nSPS) is 32.8. The van der Waals surface area contributed by atoms with E-state index in [0.29, 0.717) is 25.6 Å². The van der Waals surface area contributed by atoms with Crippen molar-refractivity contribution in [2.24, 2.45) is 5.92 Å². The van der Waals surface area contributed by atoms with Crippen molar-refractivity contribution in [1.29, 1.82) is 0 Å². The number of carbonyl (C=O) groups is 2. The number of fused-ring (bicyclic) bond motifs is 1. The lowest BCUT2D eigenvalue weighted by Crippen LogP contribution is -2.60. The summed E-state index contributed by atoms with van der Waals surface area (Å²) in [5, 5.41) is 12.1. The van der Waals surface area contributed by atoms with Crippen molar-refractivity contribution in [3.63, 3.8) is 0 Å². The van der Waals surface area contributed by atoms with Crippen LogP contribution in [0.25, 0.3) is 0 Å². The SMILES string of the molecule is O=C(O)C1NCCN2C(=O)N(CC3CC3)CC12. The van der Waals surface area contributed by atoms with Gasteiger partial charge in [-0.2, -0.15) is 0 Å². The van der Waals surface area contributed by atoms with Crippen LogP contribution in [0, 0.1) is 5.92 Å². The number of nitrogens with zero attached hydrogens (tertiary/aromatic N) is 2. The molecule has 2 saturated heterocycles. The van der Waals surface area contributed by atoms with Crippen LogP contribution in [0.15, 0.2) is 0 Å². The molecule has 1 aliphatic carbocycles. The number of hydrogen-bond donors (Lipinski definition) is 2. The molecule has 0 radical (unpaired) electrons. The van der Waals surface area contributed by atoms with Crippen LogP contribution >= 0.6 is 0 Å². The zero-order valence-corrected chi connectivity index (χ0v) is 9.63. The van der Waals surface area contributed by atoms with E-state index in [-0.39, 0.29) is 12.1 Å². The Bertz CT molecular complexity index is 356. The molecule has 0 aromatic heterocycles. The topological polar surface area (TPSA) is 72.9 Å². The van der Waals surface area contributed by atoms with Crippen LogP contribution in [-0.4, -0.2) is 65.2 Å². The van der Waals surface area contributed by atoms with Gasteiger partial charge < -0.3 is 20.2 Å². The minimum atomic E-state index is -0.860. The predicted octanol–water partition coefficient (Wildman–Crippen LogP) is -0.441. The third kappa shape index (κ3) is 1.86. The molecule has 3 fully saturated rings. The monoisotopic (exact) mass is 239 g/mol. The Balaban J connectivity index is 1.73. The molecule has 2 unspecified atom stereocenters. The predicted molar refractivity (Wildman–Crippen MR) is 59.6 cm³/mol. The van der Waals surface area contributed by atoms with Gasteiger partial charge in [0.2, 0.25) is 0 Å². The molecule has 6 nitrogen and oxygen atoms in total. The van der Waals surface area contributed by atoms with Crippen molar-refractivity contribution in [3.05, 3.63) is 0 Å². The minimum absolute atomic E-state index is 0.0228. The first-order valence-corrected chi connectivity index (χ1v) is 6.18. The zero-order valence-electron chi connectivity index (χ0n) is 9.63. The van der Waals surface area contributed by atoms with E-state index in [4.69, 9.17) is 5.11 Å². The van der Waals surface area contributed by atoms with Crippen LogP contribution in [0.4, 0.5) is 4.79 Å². The highest BCUT2D eigenvalue weighted by Crippen LogP contribution is 2.32. The second-order valence-corrected chi connectivity index (χ2v) is 5.16. The molecule has 0 spiro atoms. The lowest BCUT2D eigenvalue weighted by atomic mass is 10.1. The second-order valence-electron chi connectivity index (χ2n) is 5.16. The highest BCUT2D eigenvalue weighted by atomic mass is 16.4. The smallest absolute Gasteiger partial charge is 0.322 e. The van der Waals surface area contributed by atoms with Crippen LogP contribution < -0.4 is 5.32 Å². The number of aliphatic carboxylic acids is 1. The summed E-state index contributed by atoms with van der Waals surface area (Å²) in [5.74, 6) is -0.211. The molecule has 0 aromatic rings. The highest BCUT2D eigenvalue weighted by molar-refractivity contribution is 5.81. The van der Waals surface area contributed by atoms with E-state index in [9.17, 15) is 9.59 Å². The first kappa shape index (κ1) is 10.8. The molecule has 94 valence electrons. The van der Waals surface area contributed by atoms with Gasteiger partial charge in [0.25, 0.3) is 0 Å². The van der Waals surface area contributed by atoms with Crippen LogP contribution in [0.2, 0.25) is 0 Å². The van der Waals surface area contributed by atoms with Gasteiger partial charge in [-0.3, -0.25) is 4.79 Å². The van der Waals surface area contributed by atoms with Crippen molar-refractivity contribution in [2.75, 3.05) is 26.2 Å². The standard InChI is InChI=1S/C11H17N3O3/c15-10(16)9-8-6-13(5-7-1-2-7)11(17)14(8)4-3-12-9/h7-9,12H,1-6H2,(H,15,16). The van der Waals surface area contributed by atoms with Gasteiger partial charge in [0, 0.05) is 26.2 Å². The minimum Gasteiger partial charge on any atom is -0.480 e. The van der Waals surface area contributed by atoms with Gasteiger partial charge in [0.15, 0.2) is 0 Å². The average molecular weight is 239 g/mol. The lowest BCUT2D eigenvalue weighted by molar-refractivity contribution is -0.141. The lowest BCUT2D eigenvalue weighted by Gasteiger charge is -2.33. The number of carbonyl (C=O) groups excluding carboxylic acids is 1. The number of carboxylic acids is 1. The van der Waals surface area contributed by atoms with Gasteiger partial charge in [0.05, 0.1) is 6.04 Å². The number of amides is 2. The summed E-state index contributed by atoms with van der Waals surface area (Å²) in [7, 11) is 0. The first-order chi connectivity index (χ1) is 8.16. The summed E-state index contributed by atoms with van der Waals surface area (Å²) in [6, 6.07) is -0.793. The Morgan fingerprint density at radius 1 is 1.47 bits per heavy atom. The van der Waals surface area contributed by atoms with Gasteiger partial charge in [-0.25, -0.2) is 4.79 Å². The van der Waals surface area contributed by atoms with E-state index < -0.39 is 12.0 Å². The fraction of sp³-hybridized carbons (Fsp3) is 0.818. The molecule has 3 aliphatic rings. The third-order valence-corrected chi connectivity index (χ3v) is 3.87. The Hall–Kier alpha value is -1.30. The molecule has 1 saturated carbocycles. The van der Waals surface area contributed by atoms with E-state index in [1.165, 1.54) is 12.8 Å². The fourth-order valence-electron chi connectivity index (χ4n) is 2.77. The maximum atomic E-state index is 12.1. The number of rotatable bonds is 3.